The van der Waals surface area contributed by atoms with Crippen LogP contribution in [0.3, 0.4) is 0 Å². The van der Waals surface area contributed by atoms with Crippen LogP contribution in [-0.4, -0.2) is 18.1 Å². The van der Waals surface area contributed by atoms with Crippen molar-refractivity contribution in [1.82, 2.24) is 10.3 Å². The van der Waals surface area contributed by atoms with Crippen LogP contribution < -0.4 is 5.32 Å². The molecule has 3 heteroatoms. The highest BCUT2D eigenvalue weighted by Crippen LogP contribution is 2.10. The predicted molar refractivity (Wildman–Crippen MR) is 81.4 cm³/mol. The zero-order valence-corrected chi connectivity index (χ0v) is 12.0. The molecule has 20 heavy (non-hydrogen) atoms. The molecule has 0 radical (unpaired) electrons. The van der Waals surface area contributed by atoms with E-state index in [0.717, 1.165) is 26.1 Å². The van der Waals surface area contributed by atoms with Crippen LogP contribution >= 0.6 is 0 Å². The molecule has 3 nitrogen and oxygen atoms in total. The van der Waals surface area contributed by atoms with Gasteiger partial charge in [-0.3, -0.25) is 4.98 Å². The third-order valence-electron chi connectivity index (χ3n) is 3.21. The highest BCUT2D eigenvalue weighted by Gasteiger charge is 2.01. The molecule has 0 unspecified atom stereocenters. The van der Waals surface area contributed by atoms with Crippen LogP contribution in [0.1, 0.15) is 23.6 Å². The zero-order chi connectivity index (χ0) is 14.0. The van der Waals surface area contributed by atoms with E-state index in [2.05, 4.69) is 40.6 Å². The topological polar surface area (TPSA) is 34.1 Å². The van der Waals surface area contributed by atoms with Crippen molar-refractivity contribution >= 4 is 0 Å². The van der Waals surface area contributed by atoms with E-state index in [-0.39, 0.29) is 0 Å². The fourth-order valence-corrected chi connectivity index (χ4v) is 2.08. The lowest BCUT2D eigenvalue weighted by atomic mass is 10.1. The van der Waals surface area contributed by atoms with E-state index in [1.807, 2.05) is 19.2 Å². The van der Waals surface area contributed by atoms with Crippen LogP contribution in [0.5, 0.6) is 0 Å². The lowest BCUT2D eigenvalue weighted by Crippen LogP contribution is -2.17. The van der Waals surface area contributed by atoms with Gasteiger partial charge in [-0.15, -0.1) is 0 Å². The van der Waals surface area contributed by atoms with Gasteiger partial charge in [0, 0.05) is 25.5 Å². The molecule has 0 saturated heterocycles. The van der Waals surface area contributed by atoms with Crippen LogP contribution in [0, 0.1) is 0 Å². The molecule has 0 aliphatic rings. The van der Waals surface area contributed by atoms with Gasteiger partial charge in [0.25, 0.3) is 0 Å². The fraction of sp³-hybridized carbons (Fsp3) is 0.353. The summed E-state index contributed by atoms with van der Waals surface area (Å²) in [6.45, 7) is 5.30. The Morgan fingerprint density at radius 1 is 1.10 bits per heavy atom. The molecule has 2 rings (SSSR count). The number of hydrogen-bond acceptors (Lipinski definition) is 3. The van der Waals surface area contributed by atoms with Gasteiger partial charge in [-0.25, -0.2) is 0 Å². The van der Waals surface area contributed by atoms with Gasteiger partial charge < -0.3 is 10.1 Å². The second-order valence-corrected chi connectivity index (χ2v) is 4.69. The standard InChI is InChI=1S/C17H22N2O/c1-2-20-14-17-8-4-3-7-16(17)13-19-11-9-15-6-5-10-18-12-15/h3-8,10,12,19H,2,9,11,13-14H2,1H3. The lowest BCUT2D eigenvalue weighted by Gasteiger charge is -2.10. The number of hydrogen-bond donors (Lipinski definition) is 1. The van der Waals surface area contributed by atoms with Gasteiger partial charge >= 0.3 is 0 Å². The van der Waals surface area contributed by atoms with Crippen LogP contribution in [0.15, 0.2) is 48.8 Å². The Morgan fingerprint density at radius 3 is 2.70 bits per heavy atom. The maximum atomic E-state index is 5.50. The molecule has 0 saturated carbocycles. The number of nitrogens with zero attached hydrogens (tertiary/aromatic N) is 1. The number of ether oxygens (including phenoxy) is 1. The molecule has 0 aliphatic carbocycles. The van der Waals surface area contributed by atoms with E-state index in [4.69, 9.17) is 4.74 Å². The lowest BCUT2D eigenvalue weighted by molar-refractivity contribution is 0.133. The SMILES string of the molecule is CCOCc1ccccc1CNCCc1cccnc1. The molecule has 1 heterocycles. The number of aromatic nitrogens is 1. The van der Waals surface area contributed by atoms with Crippen molar-refractivity contribution in [1.29, 1.82) is 0 Å². The Labute approximate surface area is 121 Å². The summed E-state index contributed by atoms with van der Waals surface area (Å²) in [7, 11) is 0. The molecule has 0 aliphatic heterocycles. The molecule has 0 spiro atoms. The summed E-state index contributed by atoms with van der Waals surface area (Å²) in [4.78, 5) is 4.13. The Kier molecular flexibility index (Phi) is 6.21. The van der Waals surface area contributed by atoms with Crippen LogP contribution in [0.25, 0.3) is 0 Å². The maximum Gasteiger partial charge on any atom is 0.0719 e. The quantitative estimate of drug-likeness (QED) is 0.749. The highest BCUT2D eigenvalue weighted by molar-refractivity contribution is 5.26. The average molecular weight is 270 g/mol. The first-order valence-corrected chi connectivity index (χ1v) is 7.14. The minimum absolute atomic E-state index is 0.691. The summed E-state index contributed by atoms with van der Waals surface area (Å²) >= 11 is 0. The Balaban J connectivity index is 1.79. The Hall–Kier alpha value is -1.71. The van der Waals surface area contributed by atoms with Gasteiger partial charge in [0.15, 0.2) is 0 Å². The van der Waals surface area contributed by atoms with E-state index in [1.54, 1.807) is 6.20 Å². The molecule has 106 valence electrons. The van der Waals surface area contributed by atoms with Crippen molar-refractivity contribution in [2.24, 2.45) is 0 Å². The normalized spacial score (nSPS) is 10.7. The summed E-state index contributed by atoms with van der Waals surface area (Å²) in [6.07, 6.45) is 4.73. The highest BCUT2D eigenvalue weighted by atomic mass is 16.5. The fourth-order valence-electron chi connectivity index (χ4n) is 2.08. The first kappa shape index (κ1) is 14.7. The van der Waals surface area contributed by atoms with Crippen molar-refractivity contribution in [2.75, 3.05) is 13.2 Å². The summed E-state index contributed by atoms with van der Waals surface area (Å²) in [6, 6.07) is 12.5. The molecule has 0 atom stereocenters. The number of rotatable bonds is 8. The second-order valence-electron chi connectivity index (χ2n) is 4.69. The van der Waals surface area contributed by atoms with Crippen molar-refractivity contribution in [3.63, 3.8) is 0 Å². The minimum atomic E-state index is 0.691. The van der Waals surface area contributed by atoms with Gasteiger partial charge in [0.05, 0.1) is 6.61 Å². The third kappa shape index (κ3) is 4.76. The summed E-state index contributed by atoms with van der Waals surface area (Å²) in [5, 5.41) is 3.48. The number of benzene rings is 1. The predicted octanol–water partition coefficient (Wildman–Crippen LogP) is 2.95. The Bertz CT molecular complexity index is 499. The number of pyridine rings is 1. The van der Waals surface area contributed by atoms with Gasteiger partial charge in [-0.2, -0.15) is 0 Å². The van der Waals surface area contributed by atoms with E-state index in [1.165, 1.54) is 16.7 Å². The van der Waals surface area contributed by atoms with E-state index >= 15 is 0 Å². The van der Waals surface area contributed by atoms with Crippen LogP contribution in [0.4, 0.5) is 0 Å². The van der Waals surface area contributed by atoms with Gasteiger partial charge in [0.2, 0.25) is 0 Å². The van der Waals surface area contributed by atoms with Gasteiger partial charge in [-0.1, -0.05) is 30.3 Å². The van der Waals surface area contributed by atoms with Gasteiger partial charge in [0.1, 0.15) is 0 Å². The van der Waals surface area contributed by atoms with Crippen molar-refractivity contribution in [3.05, 3.63) is 65.5 Å². The molecule has 0 bridgehead atoms. The summed E-state index contributed by atoms with van der Waals surface area (Å²) in [5.41, 5.74) is 3.85. The first-order chi connectivity index (χ1) is 9.90. The van der Waals surface area contributed by atoms with Crippen molar-refractivity contribution < 1.29 is 4.74 Å². The summed E-state index contributed by atoms with van der Waals surface area (Å²) < 4.78 is 5.50. The molecular formula is C17H22N2O. The Morgan fingerprint density at radius 2 is 1.95 bits per heavy atom. The smallest absolute Gasteiger partial charge is 0.0719 e. The monoisotopic (exact) mass is 270 g/mol. The average Bonchev–Trinajstić information content (AvgIpc) is 2.51. The van der Waals surface area contributed by atoms with Crippen molar-refractivity contribution in [2.45, 2.75) is 26.5 Å². The first-order valence-electron chi connectivity index (χ1n) is 7.14. The van der Waals surface area contributed by atoms with Crippen LogP contribution in [-0.2, 0) is 24.3 Å². The molecule has 1 N–H and O–H groups in total. The third-order valence-corrected chi connectivity index (χ3v) is 3.21. The molecular weight excluding hydrogens is 248 g/mol. The van der Waals surface area contributed by atoms with E-state index < -0.39 is 0 Å². The zero-order valence-electron chi connectivity index (χ0n) is 12.0. The molecule has 0 amide bonds. The van der Waals surface area contributed by atoms with E-state index in [0.29, 0.717) is 6.61 Å². The van der Waals surface area contributed by atoms with Gasteiger partial charge in [-0.05, 0) is 42.6 Å². The largest absolute Gasteiger partial charge is 0.377 e. The van der Waals surface area contributed by atoms with E-state index in [9.17, 15) is 0 Å². The minimum Gasteiger partial charge on any atom is -0.377 e. The van der Waals surface area contributed by atoms with Crippen LogP contribution in [0.2, 0.25) is 0 Å². The summed E-state index contributed by atoms with van der Waals surface area (Å²) in [5.74, 6) is 0. The van der Waals surface area contributed by atoms with Crippen molar-refractivity contribution in [3.8, 4) is 0 Å². The maximum absolute atomic E-state index is 5.50. The molecule has 2 aromatic rings. The molecule has 1 aromatic heterocycles. The number of nitrogens with one attached hydrogen (secondary N) is 1. The molecule has 0 fully saturated rings. The second kappa shape index (κ2) is 8.46. The molecule has 1 aromatic carbocycles.